The molecule has 3 heterocycles. The molecule has 1 amide bonds. The van der Waals surface area contributed by atoms with Crippen LogP contribution in [0.25, 0.3) is 16.5 Å². The fourth-order valence-corrected chi connectivity index (χ4v) is 4.05. The Labute approximate surface area is 184 Å². The summed E-state index contributed by atoms with van der Waals surface area (Å²) in [5.74, 6) is 0.390. The van der Waals surface area contributed by atoms with Gasteiger partial charge in [-0.2, -0.15) is 9.78 Å². The second-order valence-electron chi connectivity index (χ2n) is 6.58. The predicted octanol–water partition coefficient (Wildman–Crippen LogP) is 4.65. The van der Waals surface area contributed by atoms with Crippen molar-refractivity contribution in [3.8, 4) is 16.5 Å². The van der Waals surface area contributed by atoms with E-state index in [1.165, 1.54) is 22.1 Å². The molecule has 0 aliphatic heterocycles. The zero-order valence-electron chi connectivity index (χ0n) is 16.1. The first kappa shape index (κ1) is 20.2. The van der Waals surface area contributed by atoms with Crippen LogP contribution >= 0.6 is 27.3 Å². The number of thiophene rings is 1. The van der Waals surface area contributed by atoms with Gasteiger partial charge in [-0.05, 0) is 36.1 Å². The van der Waals surface area contributed by atoms with Gasteiger partial charge in [0, 0.05) is 27.9 Å². The molecule has 4 rings (SSSR count). The molecule has 0 saturated heterocycles. The number of aryl methyl sites for hydroxylation is 1. The minimum atomic E-state index is -0.290. The molecule has 0 spiro atoms. The van der Waals surface area contributed by atoms with Crippen LogP contribution < -0.4 is 10.9 Å². The summed E-state index contributed by atoms with van der Waals surface area (Å²) in [5, 5.41) is 9.44. The molecular weight excluding hydrogens is 466 g/mol. The maximum atomic E-state index is 12.8. The molecule has 9 heteroatoms. The highest BCUT2D eigenvalue weighted by Gasteiger charge is 2.17. The van der Waals surface area contributed by atoms with E-state index in [2.05, 4.69) is 36.3 Å². The Balaban J connectivity index is 1.78. The van der Waals surface area contributed by atoms with Crippen molar-refractivity contribution in [2.45, 2.75) is 19.8 Å². The molecule has 30 heavy (non-hydrogen) atoms. The average molecular weight is 484 g/mol. The summed E-state index contributed by atoms with van der Waals surface area (Å²) in [6.45, 7) is 2.02. The molecule has 0 fully saturated rings. The lowest BCUT2D eigenvalue weighted by Crippen LogP contribution is -2.19. The zero-order chi connectivity index (χ0) is 21.1. The number of carbonyl (C=O) groups is 1. The molecule has 0 bridgehead atoms. The van der Waals surface area contributed by atoms with Gasteiger partial charge in [-0.25, -0.2) is 4.98 Å². The molecule has 1 aromatic carbocycles. The van der Waals surface area contributed by atoms with Crippen LogP contribution in [0.15, 0.2) is 63.2 Å². The van der Waals surface area contributed by atoms with Crippen LogP contribution in [0.1, 0.15) is 29.4 Å². The van der Waals surface area contributed by atoms with Gasteiger partial charge >= 0.3 is 0 Å². The molecule has 7 nitrogen and oxygen atoms in total. The summed E-state index contributed by atoms with van der Waals surface area (Å²) in [6.07, 6.45) is 1.54. The Morgan fingerprint density at radius 1 is 1.23 bits per heavy atom. The van der Waals surface area contributed by atoms with Gasteiger partial charge in [0.2, 0.25) is 5.95 Å². The van der Waals surface area contributed by atoms with Crippen molar-refractivity contribution in [2.24, 2.45) is 0 Å². The van der Waals surface area contributed by atoms with E-state index in [4.69, 9.17) is 0 Å². The van der Waals surface area contributed by atoms with E-state index < -0.39 is 0 Å². The number of H-pyrrole nitrogens is 1. The third-order valence-corrected chi connectivity index (χ3v) is 5.69. The summed E-state index contributed by atoms with van der Waals surface area (Å²) in [5.41, 5.74) is 1.59. The molecular formula is C21H18BrN5O2S. The summed E-state index contributed by atoms with van der Waals surface area (Å²) in [7, 11) is 0. The number of nitrogens with one attached hydrogen (secondary N) is 2. The van der Waals surface area contributed by atoms with Crippen LogP contribution in [0, 0.1) is 0 Å². The van der Waals surface area contributed by atoms with E-state index in [1.807, 2.05) is 30.5 Å². The Morgan fingerprint density at radius 2 is 2.10 bits per heavy atom. The second-order valence-corrected chi connectivity index (χ2v) is 8.44. The predicted molar refractivity (Wildman–Crippen MR) is 121 cm³/mol. The molecule has 2 N–H and O–H groups in total. The summed E-state index contributed by atoms with van der Waals surface area (Å²) in [6, 6.07) is 14.2. The average Bonchev–Trinajstić information content (AvgIpc) is 3.37. The molecule has 0 saturated carbocycles. The van der Waals surface area contributed by atoms with Crippen molar-refractivity contribution in [1.82, 2.24) is 19.7 Å². The van der Waals surface area contributed by atoms with Crippen molar-refractivity contribution in [2.75, 3.05) is 5.32 Å². The molecule has 0 radical (unpaired) electrons. The lowest BCUT2D eigenvalue weighted by Gasteiger charge is -2.09. The fourth-order valence-electron chi connectivity index (χ4n) is 2.97. The number of rotatable bonds is 6. The number of benzene rings is 1. The Morgan fingerprint density at radius 3 is 2.83 bits per heavy atom. The van der Waals surface area contributed by atoms with Crippen molar-refractivity contribution < 1.29 is 4.79 Å². The lowest BCUT2D eigenvalue weighted by molar-refractivity contribution is 0.102. The van der Waals surface area contributed by atoms with Crippen LogP contribution in [-0.4, -0.2) is 25.7 Å². The molecule has 0 atom stereocenters. The Kier molecular flexibility index (Phi) is 5.91. The topological polar surface area (TPSA) is 92.7 Å². The van der Waals surface area contributed by atoms with Gasteiger partial charge in [-0.3, -0.25) is 14.6 Å². The highest BCUT2D eigenvalue weighted by Crippen LogP contribution is 2.27. The fraction of sp³-hybridized carbons (Fsp3) is 0.143. The second kappa shape index (κ2) is 8.76. The van der Waals surface area contributed by atoms with Gasteiger partial charge in [0.25, 0.3) is 11.5 Å². The number of aromatic nitrogens is 4. The molecule has 0 unspecified atom stereocenters. The third-order valence-electron chi connectivity index (χ3n) is 4.30. The lowest BCUT2D eigenvalue weighted by atomic mass is 10.2. The quantitative estimate of drug-likeness (QED) is 0.417. The molecule has 3 aromatic heterocycles. The van der Waals surface area contributed by atoms with Gasteiger partial charge in [0.1, 0.15) is 11.5 Å². The number of hydrogen-bond acceptors (Lipinski definition) is 5. The number of nitrogens with zero attached hydrogens (tertiary/aromatic N) is 3. The molecule has 152 valence electrons. The van der Waals surface area contributed by atoms with Crippen LogP contribution in [0.4, 0.5) is 5.82 Å². The largest absolute Gasteiger partial charge is 0.306 e. The van der Waals surface area contributed by atoms with Gasteiger partial charge < -0.3 is 5.32 Å². The summed E-state index contributed by atoms with van der Waals surface area (Å²) < 4.78 is 2.27. The minimum Gasteiger partial charge on any atom is -0.306 e. The first-order valence-electron chi connectivity index (χ1n) is 9.35. The van der Waals surface area contributed by atoms with E-state index in [9.17, 15) is 9.59 Å². The Hall–Kier alpha value is -3.04. The standard InChI is InChI=1S/C21H18BrN5O2S/c1-2-5-15-11-19(28)25-21(23-15)27-18(12-16(26-27)17-8-4-9-30-17)24-20(29)13-6-3-7-14(22)10-13/h3-4,6-12H,2,5H2,1H3,(H,24,29)(H,23,25,28). The highest BCUT2D eigenvalue weighted by atomic mass is 79.9. The molecule has 4 aromatic rings. The zero-order valence-corrected chi connectivity index (χ0v) is 18.5. The number of aromatic amines is 1. The summed E-state index contributed by atoms with van der Waals surface area (Å²) in [4.78, 5) is 33.2. The summed E-state index contributed by atoms with van der Waals surface area (Å²) >= 11 is 4.92. The normalized spacial score (nSPS) is 10.9. The van der Waals surface area contributed by atoms with Gasteiger partial charge in [-0.15, -0.1) is 11.3 Å². The first-order chi connectivity index (χ1) is 14.5. The van der Waals surface area contributed by atoms with E-state index in [0.717, 1.165) is 15.8 Å². The number of amides is 1. The first-order valence-corrected chi connectivity index (χ1v) is 11.0. The van der Waals surface area contributed by atoms with Gasteiger partial charge in [0.05, 0.1) is 4.88 Å². The maximum Gasteiger partial charge on any atom is 0.256 e. The number of hydrogen-bond donors (Lipinski definition) is 2. The van der Waals surface area contributed by atoms with Crippen molar-refractivity contribution in [3.63, 3.8) is 0 Å². The minimum absolute atomic E-state index is 0.262. The monoisotopic (exact) mass is 483 g/mol. The molecule has 0 aliphatic carbocycles. The smallest absolute Gasteiger partial charge is 0.256 e. The number of carbonyl (C=O) groups excluding carboxylic acids is 1. The van der Waals surface area contributed by atoms with Crippen molar-refractivity contribution in [1.29, 1.82) is 0 Å². The highest BCUT2D eigenvalue weighted by molar-refractivity contribution is 9.10. The third kappa shape index (κ3) is 4.42. The van der Waals surface area contributed by atoms with Crippen molar-refractivity contribution in [3.05, 3.63) is 80.0 Å². The Bertz CT molecular complexity index is 1250. The van der Waals surface area contributed by atoms with Crippen LogP contribution in [-0.2, 0) is 6.42 Å². The van der Waals surface area contributed by atoms with E-state index in [-0.39, 0.29) is 17.4 Å². The van der Waals surface area contributed by atoms with Gasteiger partial charge in [-0.1, -0.05) is 41.4 Å². The van der Waals surface area contributed by atoms with Crippen LogP contribution in [0.5, 0.6) is 0 Å². The van der Waals surface area contributed by atoms with E-state index >= 15 is 0 Å². The number of anilines is 1. The van der Waals surface area contributed by atoms with Crippen molar-refractivity contribution >= 4 is 39.0 Å². The van der Waals surface area contributed by atoms with Crippen LogP contribution in [0.2, 0.25) is 0 Å². The molecule has 0 aliphatic rings. The van der Waals surface area contributed by atoms with Gasteiger partial charge in [0.15, 0.2) is 0 Å². The SMILES string of the molecule is CCCc1cc(=O)[nH]c(-n2nc(-c3cccs3)cc2NC(=O)c2cccc(Br)c2)n1. The van der Waals surface area contributed by atoms with E-state index in [1.54, 1.807) is 24.3 Å². The maximum absolute atomic E-state index is 12.8. The number of halogens is 1. The van der Waals surface area contributed by atoms with E-state index in [0.29, 0.717) is 29.2 Å². The van der Waals surface area contributed by atoms with Crippen LogP contribution in [0.3, 0.4) is 0 Å².